The molecule has 1 saturated heterocycles. The molecule has 29 heavy (non-hydrogen) atoms. The molecule has 2 saturated carbocycles. The van der Waals surface area contributed by atoms with Crippen molar-refractivity contribution in [3.8, 4) is 0 Å². The standard InChI is InChI=1S/C24H38O5/c1-16(25)27-13-9-18(15-28-17(2)26)19-14-21-23(5)11-7-10-22(3,4)20(23)8-12-24(21,6)29-19/h9,19-21H,7-8,10-15H2,1-6H3/b18-9-/t19-,20+,21-,23+,24-/m0/s1. The van der Waals surface area contributed by atoms with Crippen molar-refractivity contribution < 1.29 is 23.8 Å². The van der Waals surface area contributed by atoms with Gasteiger partial charge in [-0.1, -0.05) is 27.2 Å². The average molecular weight is 407 g/mol. The van der Waals surface area contributed by atoms with Gasteiger partial charge in [0.2, 0.25) is 0 Å². The molecule has 1 heterocycles. The first-order chi connectivity index (χ1) is 13.5. The number of fused-ring (bicyclic) bond motifs is 3. The third kappa shape index (κ3) is 4.40. The van der Waals surface area contributed by atoms with Crippen molar-refractivity contribution in [2.24, 2.45) is 22.7 Å². The minimum absolute atomic E-state index is 0.0967. The zero-order valence-corrected chi connectivity index (χ0v) is 19.0. The summed E-state index contributed by atoms with van der Waals surface area (Å²) >= 11 is 0. The van der Waals surface area contributed by atoms with Gasteiger partial charge in [0.15, 0.2) is 0 Å². The van der Waals surface area contributed by atoms with E-state index in [1.165, 1.54) is 39.5 Å². The second-order valence-corrected chi connectivity index (χ2v) is 10.5. The first-order valence-electron chi connectivity index (χ1n) is 11.1. The topological polar surface area (TPSA) is 61.8 Å². The molecule has 3 rings (SSSR count). The van der Waals surface area contributed by atoms with Crippen LogP contribution in [0.5, 0.6) is 0 Å². The predicted molar refractivity (Wildman–Crippen MR) is 111 cm³/mol. The first kappa shape index (κ1) is 22.3. The number of esters is 2. The molecule has 5 atom stereocenters. The molecule has 0 bridgehead atoms. The normalized spacial score (nSPS) is 38.7. The molecule has 0 spiro atoms. The van der Waals surface area contributed by atoms with Gasteiger partial charge in [-0.3, -0.25) is 9.59 Å². The summed E-state index contributed by atoms with van der Waals surface area (Å²) in [4.78, 5) is 22.6. The lowest BCUT2D eigenvalue weighted by Crippen LogP contribution is -2.55. The second-order valence-electron chi connectivity index (χ2n) is 10.5. The fraction of sp³-hybridized carbons (Fsp3) is 0.833. The van der Waals surface area contributed by atoms with Crippen LogP contribution in [0.15, 0.2) is 11.6 Å². The van der Waals surface area contributed by atoms with Gasteiger partial charge in [0.05, 0.1) is 11.7 Å². The van der Waals surface area contributed by atoms with Gasteiger partial charge < -0.3 is 14.2 Å². The van der Waals surface area contributed by atoms with Gasteiger partial charge in [-0.25, -0.2) is 0 Å². The third-order valence-corrected chi connectivity index (χ3v) is 8.09. The lowest BCUT2D eigenvalue weighted by Gasteiger charge is -2.60. The summed E-state index contributed by atoms with van der Waals surface area (Å²) < 4.78 is 17.1. The summed E-state index contributed by atoms with van der Waals surface area (Å²) in [5.74, 6) is 0.561. The Kier molecular flexibility index (Phi) is 6.20. The van der Waals surface area contributed by atoms with Crippen LogP contribution in [-0.4, -0.2) is 36.9 Å². The SMILES string of the molecule is CC(=O)OC/C=C(/COC(C)=O)[C@@H]1C[C@H]2[C@]3(C)CCCC(C)(C)[C@H]3CC[C@]2(C)O1. The van der Waals surface area contributed by atoms with E-state index in [0.29, 0.717) is 17.3 Å². The Labute approximate surface area is 175 Å². The van der Waals surface area contributed by atoms with Gasteiger partial charge in [0.1, 0.15) is 13.2 Å². The third-order valence-electron chi connectivity index (χ3n) is 8.09. The van der Waals surface area contributed by atoms with E-state index >= 15 is 0 Å². The molecule has 3 aliphatic rings. The number of rotatable bonds is 5. The summed E-state index contributed by atoms with van der Waals surface area (Å²) in [6, 6.07) is 0. The van der Waals surface area contributed by atoms with Crippen molar-refractivity contribution in [2.75, 3.05) is 13.2 Å². The maximum Gasteiger partial charge on any atom is 0.302 e. The van der Waals surface area contributed by atoms with Gasteiger partial charge in [-0.05, 0) is 73.3 Å². The van der Waals surface area contributed by atoms with Crippen molar-refractivity contribution in [2.45, 2.75) is 91.8 Å². The molecule has 0 radical (unpaired) electrons. The largest absolute Gasteiger partial charge is 0.462 e. The van der Waals surface area contributed by atoms with E-state index in [1.54, 1.807) is 0 Å². The predicted octanol–water partition coefficient (Wildman–Crippen LogP) is 4.83. The Balaban J connectivity index is 1.83. The highest BCUT2D eigenvalue weighted by molar-refractivity contribution is 5.66. The highest BCUT2D eigenvalue weighted by Crippen LogP contribution is 2.65. The van der Waals surface area contributed by atoms with E-state index in [1.807, 2.05) is 6.08 Å². The monoisotopic (exact) mass is 406 g/mol. The maximum atomic E-state index is 11.4. The summed E-state index contributed by atoms with van der Waals surface area (Å²) in [6.45, 7) is 12.8. The molecule has 164 valence electrons. The zero-order valence-electron chi connectivity index (χ0n) is 19.0. The number of carbonyl (C=O) groups is 2. The Morgan fingerprint density at radius 2 is 1.69 bits per heavy atom. The highest BCUT2D eigenvalue weighted by atomic mass is 16.5. The Hall–Kier alpha value is -1.36. The molecule has 0 unspecified atom stereocenters. The van der Waals surface area contributed by atoms with E-state index in [-0.39, 0.29) is 42.3 Å². The summed E-state index contributed by atoms with van der Waals surface area (Å²) in [6.07, 6.45) is 8.82. The number of ether oxygens (including phenoxy) is 3. The quantitative estimate of drug-likeness (QED) is 0.483. The van der Waals surface area contributed by atoms with E-state index < -0.39 is 0 Å². The van der Waals surface area contributed by atoms with Crippen LogP contribution in [-0.2, 0) is 23.8 Å². The zero-order chi connectivity index (χ0) is 21.4. The summed E-state index contributed by atoms with van der Waals surface area (Å²) in [5.41, 5.74) is 1.40. The molecule has 2 aliphatic carbocycles. The highest BCUT2D eigenvalue weighted by Gasteiger charge is 2.62. The lowest BCUT2D eigenvalue weighted by molar-refractivity contribution is -0.153. The first-order valence-corrected chi connectivity index (χ1v) is 11.1. The second kappa shape index (κ2) is 8.05. The van der Waals surface area contributed by atoms with Crippen molar-refractivity contribution in [3.63, 3.8) is 0 Å². The van der Waals surface area contributed by atoms with Crippen LogP contribution in [0.3, 0.4) is 0 Å². The van der Waals surface area contributed by atoms with Crippen molar-refractivity contribution in [1.29, 1.82) is 0 Å². The number of carbonyl (C=O) groups excluding carboxylic acids is 2. The van der Waals surface area contributed by atoms with Crippen LogP contribution < -0.4 is 0 Å². The average Bonchev–Trinajstić information content (AvgIpc) is 2.95. The summed E-state index contributed by atoms with van der Waals surface area (Å²) in [7, 11) is 0. The molecule has 5 heteroatoms. The van der Waals surface area contributed by atoms with E-state index in [4.69, 9.17) is 14.2 Å². The molecular weight excluding hydrogens is 368 g/mol. The van der Waals surface area contributed by atoms with Gasteiger partial charge >= 0.3 is 11.9 Å². The van der Waals surface area contributed by atoms with Crippen molar-refractivity contribution in [1.82, 2.24) is 0 Å². The van der Waals surface area contributed by atoms with Crippen molar-refractivity contribution in [3.05, 3.63) is 11.6 Å². The van der Waals surface area contributed by atoms with Gasteiger partial charge in [0.25, 0.3) is 0 Å². The Morgan fingerprint density at radius 3 is 2.34 bits per heavy atom. The minimum atomic E-state index is -0.319. The van der Waals surface area contributed by atoms with E-state index in [2.05, 4.69) is 27.7 Å². The van der Waals surface area contributed by atoms with Gasteiger partial charge in [-0.2, -0.15) is 0 Å². The van der Waals surface area contributed by atoms with Gasteiger partial charge in [0, 0.05) is 13.8 Å². The number of hydrogen-bond acceptors (Lipinski definition) is 5. The van der Waals surface area contributed by atoms with Crippen LogP contribution in [0.1, 0.15) is 80.1 Å². The molecule has 1 aliphatic heterocycles. The fourth-order valence-corrected chi connectivity index (χ4v) is 6.81. The van der Waals surface area contributed by atoms with E-state index in [9.17, 15) is 9.59 Å². The Bertz CT molecular complexity index is 681. The van der Waals surface area contributed by atoms with Crippen LogP contribution in [0.25, 0.3) is 0 Å². The van der Waals surface area contributed by atoms with Crippen LogP contribution in [0.4, 0.5) is 0 Å². The summed E-state index contributed by atoms with van der Waals surface area (Å²) in [5, 5.41) is 0. The smallest absolute Gasteiger partial charge is 0.302 e. The molecule has 0 aromatic carbocycles. The van der Waals surface area contributed by atoms with E-state index in [0.717, 1.165) is 18.4 Å². The van der Waals surface area contributed by atoms with Crippen LogP contribution in [0, 0.1) is 22.7 Å². The van der Waals surface area contributed by atoms with Gasteiger partial charge in [-0.15, -0.1) is 0 Å². The lowest BCUT2D eigenvalue weighted by atomic mass is 9.45. The molecular formula is C24H38O5. The fourth-order valence-electron chi connectivity index (χ4n) is 6.81. The molecule has 5 nitrogen and oxygen atoms in total. The molecule has 0 amide bonds. The van der Waals surface area contributed by atoms with Crippen LogP contribution in [0.2, 0.25) is 0 Å². The molecule has 0 N–H and O–H groups in total. The Morgan fingerprint density at radius 1 is 1.00 bits per heavy atom. The molecule has 0 aromatic rings. The molecule has 3 fully saturated rings. The number of hydrogen-bond donors (Lipinski definition) is 0. The molecule has 0 aromatic heterocycles. The minimum Gasteiger partial charge on any atom is -0.462 e. The van der Waals surface area contributed by atoms with Crippen molar-refractivity contribution >= 4 is 11.9 Å². The van der Waals surface area contributed by atoms with Crippen LogP contribution >= 0.6 is 0 Å². The maximum absolute atomic E-state index is 11.4.